The fraction of sp³-hybridized carbons (Fsp3) is 0.286. The maximum atomic E-state index is 12.4. The number of thiazole rings is 1. The van der Waals surface area contributed by atoms with Crippen molar-refractivity contribution in [3.05, 3.63) is 45.1 Å². The number of aryl methyl sites for hydroxylation is 1. The summed E-state index contributed by atoms with van der Waals surface area (Å²) in [5.74, 6) is 0.105. The van der Waals surface area contributed by atoms with Gasteiger partial charge in [-0.2, -0.15) is 0 Å². The van der Waals surface area contributed by atoms with Gasteiger partial charge in [-0.15, -0.1) is 11.3 Å². The van der Waals surface area contributed by atoms with E-state index >= 15 is 0 Å². The Morgan fingerprint density at radius 1 is 1.41 bits per heavy atom. The molecular weight excluding hydrogens is 304 g/mol. The van der Waals surface area contributed by atoms with E-state index in [1.807, 2.05) is 20.8 Å². The Labute approximate surface area is 129 Å². The summed E-state index contributed by atoms with van der Waals surface area (Å²) in [6.07, 6.45) is 4.39. The summed E-state index contributed by atoms with van der Waals surface area (Å²) in [4.78, 5) is 30.3. The Kier molecular flexibility index (Phi) is 3.53. The van der Waals surface area contributed by atoms with Gasteiger partial charge in [-0.1, -0.05) is 19.0 Å². The number of hydrogen-bond acceptors (Lipinski definition) is 6. The molecule has 0 atom stereocenters. The number of amides is 1. The molecule has 1 amide bonds. The first-order valence-electron chi connectivity index (χ1n) is 6.71. The lowest BCUT2D eigenvalue weighted by Gasteiger charge is -2.05. The van der Waals surface area contributed by atoms with Crippen LogP contribution in [0.25, 0.3) is 4.96 Å². The Morgan fingerprint density at radius 2 is 2.18 bits per heavy atom. The molecule has 0 fully saturated rings. The van der Waals surface area contributed by atoms with Crippen molar-refractivity contribution in [3.63, 3.8) is 0 Å². The van der Waals surface area contributed by atoms with E-state index in [9.17, 15) is 9.59 Å². The number of fused-ring (bicyclic) bond motifs is 1. The smallest absolute Gasteiger partial charge is 0.271 e. The number of carbonyl (C=O) groups excluding carboxylic acids is 1. The van der Waals surface area contributed by atoms with Crippen LogP contribution in [-0.2, 0) is 0 Å². The number of hydrogen-bond donors (Lipinski definition) is 1. The average Bonchev–Trinajstić information content (AvgIpc) is 3.05. The van der Waals surface area contributed by atoms with Crippen LogP contribution in [-0.4, -0.2) is 20.4 Å². The van der Waals surface area contributed by atoms with Crippen LogP contribution in [0, 0.1) is 6.92 Å². The fourth-order valence-corrected chi connectivity index (χ4v) is 2.89. The SMILES string of the molecule is Cc1cn2c(=O)c(C(=O)Nc3cnoc3C(C)C)cnc2s1. The van der Waals surface area contributed by atoms with E-state index in [0.29, 0.717) is 16.4 Å². The molecule has 0 saturated heterocycles. The van der Waals surface area contributed by atoms with Gasteiger partial charge in [-0.05, 0) is 6.92 Å². The molecule has 0 saturated carbocycles. The van der Waals surface area contributed by atoms with Gasteiger partial charge in [-0.25, -0.2) is 4.98 Å². The number of rotatable bonds is 3. The van der Waals surface area contributed by atoms with Crippen LogP contribution >= 0.6 is 11.3 Å². The fourth-order valence-electron chi connectivity index (χ4n) is 2.10. The molecule has 1 N–H and O–H groups in total. The van der Waals surface area contributed by atoms with Crippen molar-refractivity contribution in [2.75, 3.05) is 5.32 Å². The standard InChI is InChI=1S/C14H14N4O3S/c1-7(2)11-10(5-16-21-11)17-12(19)9-4-15-14-18(13(9)20)6-8(3)22-14/h4-7H,1-3H3,(H,17,19). The van der Waals surface area contributed by atoms with Gasteiger partial charge in [0.25, 0.3) is 11.5 Å². The van der Waals surface area contributed by atoms with Crippen LogP contribution in [0.3, 0.4) is 0 Å². The summed E-state index contributed by atoms with van der Waals surface area (Å²) in [6.45, 7) is 5.73. The normalized spacial score (nSPS) is 11.3. The highest BCUT2D eigenvalue weighted by atomic mass is 32.1. The van der Waals surface area contributed by atoms with Crippen LogP contribution in [0.1, 0.15) is 40.8 Å². The lowest BCUT2D eigenvalue weighted by Crippen LogP contribution is -2.26. The highest BCUT2D eigenvalue weighted by Crippen LogP contribution is 2.23. The van der Waals surface area contributed by atoms with Crippen LogP contribution in [0.2, 0.25) is 0 Å². The van der Waals surface area contributed by atoms with Crippen molar-refractivity contribution in [3.8, 4) is 0 Å². The molecule has 0 unspecified atom stereocenters. The molecule has 7 nitrogen and oxygen atoms in total. The molecule has 0 aliphatic heterocycles. The summed E-state index contributed by atoms with van der Waals surface area (Å²) in [5.41, 5.74) is 0.0478. The van der Waals surface area contributed by atoms with Gasteiger partial charge in [0.1, 0.15) is 11.3 Å². The highest BCUT2D eigenvalue weighted by molar-refractivity contribution is 7.16. The van der Waals surface area contributed by atoms with Crippen LogP contribution in [0.15, 0.2) is 27.9 Å². The highest BCUT2D eigenvalue weighted by Gasteiger charge is 2.19. The molecule has 114 valence electrons. The molecule has 8 heteroatoms. The first-order valence-corrected chi connectivity index (χ1v) is 7.52. The van der Waals surface area contributed by atoms with E-state index in [-0.39, 0.29) is 11.5 Å². The van der Waals surface area contributed by atoms with Crippen molar-refractivity contribution in [1.82, 2.24) is 14.5 Å². The molecule has 3 aromatic heterocycles. The van der Waals surface area contributed by atoms with E-state index in [1.165, 1.54) is 28.1 Å². The quantitative estimate of drug-likeness (QED) is 0.801. The maximum absolute atomic E-state index is 12.4. The molecule has 0 aromatic carbocycles. The van der Waals surface area contributed by atoms with Crippen molar-refractivity contribution in [2.24, 2.45) is 0 Å². The second kappa shape index (κ2) is 5.38. The van der Waals surface area contributed by atoms with Gasteiger partial charge in [0.2, 0.25) is 0 Å². The zero-order valence-electron chi connectivity index (χ0n) is 12.3. The average molecular weight is 318 g/mol. The maximum Gasteiger partial charge on any atom is 0.271 e. The predicted octanol–water partition coefficient (Wildman–Crippen LogP) is 2.43. The lowest BCUT2D eigenvalue weighted by atomic mass is 10.1. The Balaban J connectivity index is 1.97. The number of aromatic nitrogens is 3. The van der Waals surface area contributed by atoms with Gasteiger partial charge >= 0.3 is 0 Å². The predicted molar refractivity (Wildman–Crippen MR) is 82.6 cm³/mol. The molecule has 3 aromatic rings. The zero-order chi connectivity index (χ0) is 15.9. The molecule has 3 heterocycles. The molecular formula is C14H14N4O3S. The van der Waals surface area contributed by atoms with Gasteiger partial charge in [-0.3, -0.25) is 14.0 Å². The van der Waals surface area contributed by atoms with Crippen LogP contribution in [0.4, 0.5) is 5.69 Å². The van der Waals surface area contributed by atoms with Gasteiger partial charge in [0.05, 0.1) is 6.20 Å². The number of anilines is 1. The van der Waals surface area contributed by atoms with Crippen molar-refractivity contribution >= 4 is 27.9 Å². The van der Waals surface area contributed by atoms with Gasteiger partial charge < -0.3 is 9.84 Å². The second-order valence-corrected chi connectivity index (χ2v) is 6.40. The topological polar surface area (TPSA) is 89.5 Å². The van der Waals surface area contributed by atoms with Gasteiger partial charge in [0.15, 0.2) is 10.7 Å². The zero-order valence-corrected chi connectivity index (χ0v) is 13.1. The van der Waals surface area contributed by atoms with E-state index in [2.05, 4.69) is 15.5 Å². The summed E-state index contributed by atoms with van der Waals surface area (Å²) in [5, 5.41) is 6.33. The third-order valence-electron chi connectivity index (χ3n) is 3.14. The first-order chi connectivity index (χ1) is 10.5. The molecule has 22 heavy (non-hydrogen) atoms. The van der Waals surface area contributed by atoms with Gasteiger partial charge in [0, 0.05) is 23.2 Å². The minimum Gasteiger partial charge on any atom is -0.359 e. The molecule has 0 radical (unpaired) electrons. The Morgan fingerprint density at radius 3 is 2.91 bits per heavy atom. The molecule has 0 aliphatic rings. The van der Waals surface area contributed by atoms with Crippen molar-refractivity contribution in [1.29, 1.82) is 0 Å². The monoisotopic (exact) mass is 318 g/mol. The summed E-state index contributed by atoms with van der Waals surface area (Å²) >= 11 is 1.39. The van der Waals surface area contributed by atoms with E-state index < -0.39 is 11.5 Å². The number of nitrogens with zero attached hydrogens (tertiary/aromatic N) is 3. The molecule has 0 bridgehead atoms. The Hall–Kier alpha value is -2.48. The van der Waals surface area contributed by atoms with E-state index in [1.54, 1.807) is 6.20 Å². The Bertz CT molecular complexity index is 906. The summed E-state index contributed by atoms with van der Waals surface area (Å²) in [6, 6.07) is 0. The molecule has 0 aliphatic carbocycles. The second-order valence-electron chi connectivity index (χ2n) is 5.18. The third-order valence-corrected chi connectivity index (χ3v) is 4.05. The van der Waals surface area contributed by atoms with E-state index in [0.717, 1.165) is 4.88 Å². The molecule has 0 spiro atoms. The molecule has 3 rings (SSSR count). The summed E-state index contributed by atoms with van der Waals surface area (Å²) < 4.78 is 6.49. The minimum absolute atomic E-state index is 0.0220. The third kappa shape index (κ3) is 2.41. The number of nitrogens with one attached hydrogen (secondary N) is 1. The number of carbonyl (C=O) groups is 1. The van der Waals surface area contributed by atoms with Crippen molar-refractivity contribution < 1.29 is 9.32 Å². The summed E-state index contributed by atoms with van der Waals surface area (Å²) in [7, 11) is 0. The largest absolute Gasteiger partial charge is 0.359 e. The van der Waals surface area contributed by atoms with Crippen molar-refractivity contribution in [2.45, 2.75) is 26.7 Å². The van der Waals surface area contributed by atoms with Crippen LogP contribution < -0.4 is 10.9 Å². The van der Waals surface area contributed by atoms with Crippen LogP contribution in [0.5, 0.6) is 0 Å². The first kappa shape index (κ1) is 14.5. The van der Waals surface area contributed by atoms with E-state index in [4.69, 9.17) is 4.52 Å². The lowest BCUT2D eigenvalue weighted by molar-refractivity contribution is 0.102. The minimum atomic E-state index is -0.527.